The topological polar surface area (TPSA) is 103 Å². The smallest absolute Gasteiger partial charge is 0.404 e. The van der Waals surface area contributed by atoms with Crippen LogP contribution in [0.15, 0.2) is 42.5 Å². The number of carbonyl (C=O) groups excluding carboxylic acids is 1. The van der Waals surface area contributed by atoms with Gasteiger partial charge in [0.2, 0.25) is 0 Å². The van der Waals surface area contributed by atoms with Gasteiger partial charge in [-0.1, -0.05) is 12.1 Å². The van der Waals surface area contributed by atoms with E-state index in [1.54, 1.807) is 6.07 Å². The van der Waals surface area contributed by atoms with Gasteiger partial charge in [0.15, 0.2) is 0 Å². The molecule has 1 aliphatic rings. The molecule has 0 bridgehead atoms. The number of halogens is 3. The third-order valence-corrected chi connectivity index (χ3v) is 5.32. The quantitative estimate of drug-likeness (QED) is 0.520. The molecule has 0 unspecified atom stereocenters. The molecule has 0 saturated carbocycles. The van der Waals surface area contributed by atoms with E-state index in [-0.39, 0.29) is 39.1 Å². The first-order chi connectivity index (χ1) is 15.3. The van der Waals surface area contributed by atoms with Crippen molar-refractivity contribution in [3.63, 3.8) is 0 Å². The van der Waals surface area contributed by atoms with E-state index in [1.807, 2.05) is 41.3 Å². The number of benzene rings is 2. The fraction of sp³-hybridized carbons (Fsp3) is 0.409. The largest absolute Gasteiger partial charge is 0.488 e. The normalized spacial score (nSPS) is 14.8. The van der Waals surface area contributed by atoms with Crippen LogP contribution < -0.4 is 26.4 Å². The summed E-state index contributed by atoms with van der Waals surface area (Å²) in [6.07, 6.45) is -5.02. The monoisotopic (exact) mass is 452 g/mol. The zero-order valence-corrected chi connectivity index (χ0v) is 17.5. The van der Waals surface area contributed by atoms with E-state index in [1.165, 1.54) is 0 Å². The highest BCUT2D eigenvalue weighted by Gasteiger charge is 2.41. The van der Waals surface area contributed by atoms with Crippen molar-refractivity contribution in [3.05, 3.63) is 48.0 Å². The average Bonchev–Trinajstić information content (AvgIpc) is 2.77. The van der Waals surface area contributed by atoms with Gasteiger partial charge in [-0.3, -0.25) is 0 Å². The molecule has 0 radical (unpaired) electrons. The summed E-state index contributed by atoms with van der Waals surface area (Å²) in [6.45, 7) is 1.01. The molecule has 32 heavy (non-hydrogen) atoms. The lowest BCUT2D eigenvalue weighted by atomic mass is 9.96. The fourth-order valence-electron chi connectivity index (χ4n) is 3.60. The summed E-state index contributed by atoms with van der Waals surface area (Å²) in [5, 5.41) is 3.27. The van der Waals surface area contributed by atoms with Crippen LogP contribution in [0.3, 0.4) is 0 Å². The Hall–Kier alpha value is -3.14. The number of primary amides is 1. The molecule has 1 heterocycles. The Morgan fingerprint density at radius 1 is 1.06 bits per heavy atom. The van der Waals surface area contributed by atoms with E-state index in [4.69, 9.17) is 20.9 Å². The minimum absolute atomic E-state index is 0.0290. The highest BCUT2D eigenvalue weighted by molar-refractivity contribution is 5.69. The lowest BCUT2D eigenvalue weighted by molar-refractivity contribution is -0.179. The minimum Gasteiger partial charge on any atom is -0.488 e. The van der Waals surface area contributed by atoms with Gasteiger partial charge in [-0.05, 0) is 42.7 Å². The van der Waals surface area contributed by atoms with Crippen molar-refractivity contribution in [2.45, 2.75) is 25.6 Å². The summed E-state index contributed by atoms with van der Waals surface area (Å²) in [5.41, 5.74) is 13.9. The summed E-state index contributed by atoms with van der Waals surface area (Å²) < 4.78 is 49.5. The Balaban J connectivity index is 1.75. The van der Waals surface area contributed by atoms with Crippen LogP contribution in [0.25, 0.3) is 0 Å². The number of nitrogens with one attached hydrogen (secondary N) is 1. The summed E-state index contributed by atoms with van der Waals surface area (Å²) >= 11 is 0. The van der Waals surface area contributed by atoms with Crippen molar-refractivity contribution < 1.29 is 27.4 Å². The Kier molecular flexibility index (Phi) is 7.68. The molecule has 0 aliphatic carbocycles. The van der Waals surface area contributed by atoms with Gasteiger partial charge in [-0.2, -0.15) is 13.2 Å². The Labute approximate surface area is 184 Å². The van der Waals surface area contributed by atoms with Crippen molar-refractivity contribution in [1.29, 1.82) is 0 Å². The number of piperidine rings is 1. The van der Waals surface area contributed by atoms with E-state index in [0.29, 0.717) is 18.0 Å². The maximum Gasteiger partial charge on any atom is 0.404 e. The predicted molar refractivity (Wildman–Crippen MR) is 116 cm³/mol. The lowest BCUT2D eigenvalue weighted by Gasteiger charge is -2.35. The Bertz CT molecular complexity index is 898. The molecule has 5 N–H and O–H groups in total. The van der Waals surface area contributed by atoms with Crippen molar-refractivity contribution in [3.8, 4) is 5.75 Å². The van der Waals surface area contributed by atoms with E-state index in [9.17, 15) is 18.0 Å². The third kappa shape index (κ3) is 6.43. The molecule has 7 nitrogen and oxygen atoms in total. The second-order valence-corrected chi connectivity index (χ2v) is 7.53. The molecule has 1 fully saturated rings. The van der Waals surface area contributed by atoms with Gasteiger partial charge >= 0.3 is 12.3 Å². The van der Waals surface area contributed by atoms with Crippen LogP contribution in [0.4, 0.5) is 35.0 Å². The minimum atomic E-state index is -4.18. The molecule has 0 aromatic heterocycles. The van der Waals surface area contributed by atoms with E-state index in [0.717, 1.165) is 16.9 Å². The standard InChI is InChI=1S/C22H27F3N4O3/c23-22(24,25)16-7-9-29(10-8-16)19-6-5-18(13-20(19)31-11-12-32-21(27)30)28-17-3-1-15(14-26)2-4-17/h1-6,13,16,28H,7-12,14,26H2,(H2,27,30). The highest BCUT2D eigenvalue weighted by Crippen LogP contribution is 2.39. The van der Waals surface area contributed by atoms with Crippen LogP contribution in [0.2, 0.25) is 0 Å². The molecule has 174 valence electrons. The summed E-state index contributed by atoms with van der Waals surface area (Å²) in [5.74, 6) is -0.809. The molecule has 1 amide bonds. The lowest BCUT2D eigenvalue weighted by Crippen LogP contribution is -2.39. The van der Waals surface area contributed by atoms with Crippen molar-refractivity contribution in [2.75, 3.05) is 36.5 Å². The number of alkyl halides is 3. The number of hydrogen-bond donors (Lipinski definition) is 3. The number of anilines is 3. The molecular weight excluding hydrogens is 425 g/mol. The molecular formula is C22H27F3N4O3. The van der Waals surface area contributed by atoms with Crippen LogP contribution >= 0.6 is 0 Å². The molecule has 0 spiro atoms. The van der Waals surface area contributed by atoms with Gasteiger partial charge in [0.25, 0.3) is 0 Å². The maximum atomic E-state index is 13.0. The van der Waals surface area contributed by atoms with E-state index < -0.39 is 18.2 Å². The summed E-state index contributed by atoms with van der Waals surface area (Å²) in [7, 11) is 0. The molecule has 10 heteroatoms. The first kappa shape index (κ1) is 23.5. The number of nitrogens with zero attached hydrogens (tertiary/aromatic N) is 1. The zero-order chi connectivity index (χ0) is 23.1. The Morgan fingerprint density at radius 3 is 2.31 bits per heavy atom. The number of rotatable bonds is 8. The fourth-order valence-corrected chi connectivity index (χ4v) is 3.60. The molecule has 3 rings (SSSR count). The summed E-state index contributed by atoms with van der Waals surface area (Å²) in [4.78, 5) is 12.6. The van der Waals surface area contributed by atoms with Crippen molar-refractivity contribution >= 4 is 23.2 Å². The summed E-state index contributed by atoms with van der Waals surface area (Å²) in [6, 6.07) is 13.1. The number of ether oxygens (including phenoxy) is 2. The van der Waals surface area contributed by atoms with Crippen LogP contribution in [-0.4, -0.2) is 38.6 Å². The second-order valence-electron chi connectivity index (χ2n) is 7.53. The van der Waals surface area contributed by atoms with Gasteiger partial charge < -0.3 is 31.2 Å². The van der Waals surface area contributed by atoms with Gasteiger partial charge in [-0.15, -0.1) is 0 Å². The van der Waals surface area contributed by atoms with E-state index >= 15 is 0 Å². The highest BCUT2D eigenvalue weighted by atomic mass is 19.4. The zero-order valence-electron chi connectivity index (χ0n) is 17.5. The van der Waals surface area contributed by atoms with Crippen LogP contribution in [0.5, 0.6) is 5.75 Å². The van der Waals surface area contributed by atoms with Crippen LogP contribution in [-0.2, 0) is 11.3 Å². The molecule has 0 atom stereocenters. The number of amides is 1. The van der Waals surface area contributed by atoms with Crippen LogP contribution in [0.1, 0.15) is 18.4 Å². The SMILES string of the molecule is NCc1ccc(Nc2ccc(N3CCC(C(F)(F)F)CC3)c(OCCOC(N)=O)c2)cc1. The number of hydrogen-bond acceptors (Lipinski definition) is 6. The van der Waals surface area contributed by atoms with Crippen molar-refractivity contribution in [1.82, 2.24) is 0 Å². The number of carbonyl (C=O) groups is 1. The van der Waals surface area contributed by atoms with Gasteiger partial charge in [0.1, 0.15) is 19.0 Å². The third-order valence-electron chi connectivity index (χ3n) is 5.32. The molecule has 1 aliphatic heterocycles. The predicted octanol–water partition coefficient (Wildman–Crippen LogP) is 4.14. The molecule has 2 aromatic carbocycles. The first-order valence-corrected chi connectivity index (χ1v) is 10.3. The Morgan fingerprint density at radius 2 is 1.72 bits per heavy atom. The molecule has 2 aromatic rings. The first-order valence-electron chi connectivity index (χ1n) is 10.3. The number of nitrogens with two attached hydrogens (primary N) is 2. The maximum absolute atomic E-state index is 13.0. The van der Waals surface area contributed by atoms with E-state index in [2.05, 4.69) is 5.32 Å². The second kappa shape index (κ2) is 10.4. The average molecular weight is 452 g/mol. The molecule has 1 saturated heterocycles. The van der Waals surface area contributed by atoms with Gasteiger partial charge in [0.05, 0.1) is 11.6 Å². The van der Waals surface area contributed by atoms with Gasteiger partial charge in [-0.25, -0.2) is 4.79 Å². The van der Waals surface area contributed by atoms with Crippen LogP contribution in [0, 0.1) is 5.92 Å². The van der Waals surface area contributed by atoms with Gasteiger partial charge in [0, 0.05) is 37.1 Å². The van der Waals surface area contributed by atoms with Crippen molar-refractivity contribution in [2.24, 2.45) is 17.4 Å².